The highest BCUT2D eigenvalue weighted by molar-refractivity contribution is 5.78. The Labute approximate surface area is 149 Å². The lowest BCUT2D eigenvalue weighted by atomic mass is 9.92. The molecule has 1 aliphatic rings. The van der Waals surface area contributed by atoms with Crippen LogP contribution in [0.3, 0.4) is 0 Å². The van der Waals surface area contributed by atoms with Crippen LogP contribution in [-0.4, -0.2) is 56.7 Å². The maximum absolute atomic E-state index is 12.3. The Hall–Kier alpha value is -2.08. The fourth-order valence-corrected chi connectivity index (χ4v) is 3.13. The number of hydrogen-bond acceptors (Lipinski definition) is 3. The minimum Gasteiger partial charge on any atom is -0.383 e. The molecule has 25 heavy (non-hydrogen) atoms. The van der Waals surface area contributed by atoms with Crippen LogP contribution in [0.15, 0.2) is 30.3 Å². The summed E-state index contributed by atoms with van der Waals surface area (Å²) in [4.78, 5) is 25.8. The molecule has 1 fully saturated rings. The number of amides is 3. The van der Waals surface area contributed by atoms with Crippen molar-refractivity contribution in [3.05, 3.63) is 35.9 Å². The Morgan fingerprint density at radius 2 is 1.92 bits per heavy atom. The molecular weight excluding hydrogens is 318 g/mol. The smallest absolute Gasteiger partial charge is 0.317 e. The zero-order valence-electron chi connectivity index (χ0n) is 15.0. The van der Waals surface area contributed by atoms with Gasteiger partial charge < -0.3 is 20.3 Å². The van der Waals surface area contributed by atoms with E-state index in [9.17, 15) is 9.59 Å². The Bertz CT molecular complexity index is 536. The average Bonchev–Trinajstić information content (AvgIpc) is 2.89. The van der Waals surface area contributed by atoms with E-state index in [-0.39, 0.29) is 18.4 Å². The summed E-state index contributed by atoms with van der Waals surface area (Å²) in [6.45, 7) is 2.88. The molecule has 0 bridgehead atoms. The van der Waals surface area contributed by atoms with E-state index in [2.05, 4.69) is 34.9 Å². The third-order valence-corrected chi connectivity index (χ3v) is 4.54. The number of rotatable bonds is 7. The van der Waals surface area contributed by atoms with E-state index < -0.39 is 0 Å². The van der Waals surface area contributed by atoms with E-state index in [1.165, 1.54) is 5.56 Å². The number of nitrogens with zero attached hydrogens (tertiary/aromatic N) is 1. The zero-order valence-corrected chi connectivity index (χ0v) is 15.0. The van der Waals surface area contributed by atoms with E-state index >= 15 is 0 Å². The second kappa shape index (κ2) is 10.7. The molecule has 0 saturated carbocycles. The summed E-state index contributed by atoms with van der Waals surface area (Å²) in [7, 11) is 1.59. The minimum atomic E-state index is -0.0719. The van der Waals surface area contributed by atoms with Gasteiger partial charge in [0.25, 0.3) is 0 Å². The molecule has 1 saturated heterocycles. The first-order valence-electron chi connectivity index (χ1n) is 9.04. The number of benzene rings is 1. The highest BCUT2D eigenvalue weighted by atomic mass is 16.5. The van der Waals surface area contributed by atoms with Gasteiger partial charge in [-0.3, -0.25) is 4.79 Å². The first-order chi connectivity index (χ1) is 12.2. The number of likely N-dealkylation sites (tertiary alicyclic amines) is 1. The molecule has 0 aromatic heterocycles. The van der Waals surface area contributed by atoms with Crippen molar-refractivity contribution in [2.75, 3.05) is 39.9 Å². The molecule has 6 heteroatoms. The van der Waals surface area contributed by atoms with Crippen molar-refractivity contribution in [3.8, 4) is 0 Å². The van der Waals surface area contributed by atoms with Crippen LogP contribution in [0.25, 0.3) is 0 Å². The van der Waals surface area contributed by atoms with Crippen LogP contribution in [0.2, 0.25) is 0 Å². The molecule has 1 atom stereocenters. The molecule has 6 nitrogen and oxygen atoms in total. The molecule has 1 aromatic rings. The molecule has 138 valence electrons. The van der Waals surface area contributed by atoms with Gasteiger partial charge in [0.15, 0.2) is 0 Å². The van der Waals surface area contributed by atoms with Gasteiger partial charge in [-0.2, -0.15) is 0 Å². The van der Waals surface area contributed by atoms with Crippen molar-refractivity contribution in [2.24, 2.45) is 0 Å². The van der Waals surface area contributed by atoms with Gasteiger partial charge in [-0.1, -0.05) is 30.3 Å². The summed E-state index contributed by atoms with van der Waals surface area (Å²) < 4.78 is 4.88. The number of methoxy groups -OCH3 is 1. The van der Waals surface area contributed by atoms with Crippen molar-refractivity contribution in [2.45, 2.75) is 31.6 Å². The average molecular weight is 347 g/mol. The lowest BCUT2D eigenvalue weighted by Crippen LogP contribution is -2.42. The number of carbonyl (C=O) groups excluding carboxylic acids is 2. The maximum Gasteiger partial charge on any atom is 0.317 e. The van der Waals surface area contributed by atoms with Crippen LogP contribution in [0.1, 0.15) is 37.2 Å². The predicted octanol–water partition coefficient (Wildman–Crippen LogP) is 2.12. The van der Waals surface area contributed by atoms with Gasteiger partial charge in [0.05, 0.1) is 6.61 Å². The Morgan fingerprint density at radius 1 is 1.12 bits per heavy atom. The minimum absolute atomic E-state index is 0.0709. The maximum atomic E-state index is 12.3. The summed E-state index contributed by atoms with van der Waals surface area (Å²) in [5.41, 5.74) is 1.36. The van der Waals surface area contributed by atoms with E-state index in [4.69, 9.17) is 4.74 Å². The molecular formula is C19H29N3O3. The summed E-state index contributed by atoms with van der Waals surface area (Å²) in [6, 6.07) is 10.4. The first-order valence-corrected chi connectivity index (χ1v) is 9.04. The third kappa shape index (κ3) is 6.74. The lowest BCUT2D eigenvalue weighted by Gasteiger charge is -2.21. The molecule has 1 aliphatic heterocycles. The highest BCUT2D eigenvalue weighted by Crippen LogP contribution is 2.27. The molecule has 3 amide bonds. The summed E-state index contributed by atoms with van der Waals surface area (Å²) >= 11 is 0. The van der Waals surface area contributed by atoms with Crippen LogP contribution in [0.4, 0.5) is 4.79 Å². The van der Waals surface area contributed by atoms with Gasteiger partial charge in [-0.25, -0.2) is 4.79 Å². The van der Waals surface area contributed by atoms with Crippen LogP contribution in [0.5, 0.6) is 0 Å². The van der Waals surface area contributed by atoms with E-state index in [1.54, 1.807) is 7.11 Å². The molecule has 1 unspecified atom stereocenters. The predicted molar refractivity (Wildman–Crippen MR) is 97.5 cm³/mol. The summed E-state index contributed by atoms with van der Waals surface area (Å²) in [5, 5.41) is 5.59. The quantitative estimate of drug-likeness (QED) is 0.742. The van der Waals surface area contributed by atoms with Gasteiger partial charge in [-0.15, -0.1) is 0 Å². The first kappa shape index (κ1) is 19.2. The van der Waals surface area contributed by atoms with Crippen molar-refractivity contribution in [1.82, 2.24) is 15.5 Å². The standard InChI is InChI=1S/C19H29N3O3/c1-25-15-12-20-18(23)9-11-21-19(24)22-13-5-8-17(10-14-22)16-6-3-2-4-7-16/h2-4,6-7,17H,5,8-15H2,1H3,(H,20,23)(H,21,24). The third-order valence-electron chi connectivity index (χ3n) is 4.54. The fourth-order valence-electron chi connectivity index (χ4n) is 3.13. The van der Waals surface area contributed by atoms with E-state index in [0.29, 0.717) is 25.6 Å². The molecule has 2 rings (SSSR count). The Balaban J connectivity index is 1.69. The number of carbonyl (C=O) groups is 2. The molecule has 1 aromatic carbocycles. The van der Waals surface area contributed by atoms with Crippen LogP contribution in [0, 0.1) is 0 Å². The van der Waals surface area contributed by atoms with Crippen LogP contribution in [-0.2, 0) is 9.53 Å². The van der Waals surface area contributed by atoms with E-state index in [0.717, 1.165) is 32.4 Å². The number of urea groups is 1. The van der Waals surface area contributed by atoms with Gasteiger partial charge >= 0.3 is 6.03 Å². The van der Waals surface area contributed by atoms with E-state index in [1.807, 2.05) is 11.0 Å². The molecule has 1 heterocycles. The molecule has 0 aliphatic carbocycles. The van der Waals surface area contributed by atoms with Crippen molar-refractivity contribution in [3.63, 3.8) is 0 Å². The largest absolute Gasteiger partial charge is 0.383 e. The fraction of sp³-hybridized carbons (Fsp3) is 0.579. The topological polar surface area (TPSA) is 70.7 Å². The number of hydrogen-bond donors (Lipinski definition) is 2. The number of ether oxygens (including phenoxy) is 1. The normalized spacial score (nSPS) is 17.6. The second-order valence-electron chi connectivity index (χ2n) is 6.35. The second-order valence-corrected chi connectivity index (χ2v) is 6.35. The van der Waals surface area contributed by atoms with Gasteiger partial charge in [0, 0.05) is 39.7 Å². The van der Waals surface area contributed by atoms with Crippen molar-refractivity contribution < 1.29 is 14.3 Å². The molecule has 2 N–H and O–H groups in total. The van der Waals surface area contributed by atoms with Crippen molar-refractivity contribution >= 4 is 11.9 Å². The van der Waals surface area contributed by atoms with Gasteiger partial charge in [-0.05, 0) is 30.7 Å². The van der Waals surface area contributed by atoms with Crippen LogP contribution >= 0.6 is 0 Å². The zero-order chi connectivity index (χ0) is 17.9. The van der Waals surface area contributed by atoms with Gasteiger partial charge in [0.2, 0.25) is 5.91 Å². The Kier molecular flexibility index (Phi) is 8.25. The highest BCUT2D eigenvalue weighted by Gasteiger charge is 2.21. The monoisotopic (exact) mass is 347 g/mol. The lowest BCUT2D eigenvalue weighted by molar-refractivity contribution is -0.121. The summed E-state index contributed by atoms with van der Waals surface area (Å²) in [6.07, 6.45) is 3.38. The Morgan fingerprint density at radius 3 is 2.68 bits per heavy atom. The SMILES string of the molecule is COCCNC(=O)CCNC(=O)N1CCCC(c2ccccc2)CC1. The van der Waals surface area contributed by atoms with Crippen molar-refractivity contribution in [1.29, 1.82) is 0 Å². The molecule has 0 radical (unpaired) electrons. The number of nitrogens with one attached hydrogen (secondary N) is 2. The van der Waals surface area contributed by atoms with Gasteiger partial charge in [0.1, 0.15) is 0 Å². The molecule has 0 spiro atoms. The summed E-state index contributed by atoms with van der Waals surface area (Å²) in [5.74, 6) is 0.447. The van der Waals surface area contributed by atoms with Crippen LogP contribution < -0.4 is 10.6 Å².